The molecule has 0 saturated carbocycles. The van der Waals surface area contributed by atoms with Gasteiger partial charge in [0.05, 0.1) is 21.9 Å². The van der Waals surface area contributed by atoms with Crippen molar-refractivity contribution in [2.24, 2.45) is 5.73 Å². The highest BCUT2D eigenvalue weighted by atomic mass is 35.5. The molecular formula is C24H13Cl2N3O3. The molecule has 32 heavy (non-hydrogen) atoms. The molecule has 156 valence electrons. The number of benzene rings is 2. The molecule has 0 aliphatic carbocycles. The molecule has 1 aliphatic rings. The monoisotopic (exact) mass is 461 g/mol. The Balaban J connectivity index is 1.67. The summed E-state index contributed by atoms with van der Waals surface area (Å²) in [5.41, 5.74) is 8.57. The molecule has 2 N–H and O–H groups in total. The first kappa shape index (κ1) is 20.1. The fraction of sp³-hybridized carbons (Fsp3) is 0.0417. The van der Waals surface area contributed by atoms with Crippen LogP contribution in [0.4, 0.5) is 0 Å². The second kappa shape index (κ2) is 7.72. The molecule has 1 aliphatic heterocycles. The van der Waals surface area contributed by atoms with Crippen molar-refractivity contribution in [1.29, 1.82) is 5.26 Å². The average molecular weight is 462 g/mol. The second-order valence-corrected chi connectivity index (χ2v) is 7.94. The average Bonchev–Trinajstić information content (AvgIpc) is 2.80. The molecule has 0 fully saturated rings. The maximum Gasteiger partial charge on any atom is 0.344 e. The van der Waals surface area contributed by atoms with Gasteiger partial charge in [0.15, 0.2) is 5.75 Å². The number of nitrogens with two attached hydrogens (primary N) is 1. The quantitative estimate of drug-likeness (QED) is 0.317. The summed E-state index contributed by atoms with van der Waals surface area (Å²) in [6.45, 7) is 0. The third-order valence-corrected chi connectivity index (χ3v) is 6.03. The highest BCUT2D eigenvalue weighted by molar-refractivity contribution is 6.41. The van der Waals surface area contributed by atoms with Crippen molar-refractivity contribution in [3.63, 3.8) is 0 Å². The molecule has 8 heteroatoms. The fourth-order valence-electron chi connectivity index (χ4n) is 3.85. The van der Waals surface area contributed by atoms with Crippen molar-refractivity contribution in [2.75, 3.05) is 0 Å². The van der Waals surface area contributed by atoms with E-state index < -0.39 is 11.5 Å². The zero-order valence-electron chi connectivity index (χ0n) is 16.3. The number of rotatable bonds is 2. The summed E-state index contributed by atoms with van der Waals surface area (Å²) in [4.78, 5) is 17.0. The summed E-state index contributed by atoms with van der Waals surface area (Å²) < 4.78 is 11.3. The Morgan fingerprint density at radius 2 is 1.81 bits per heavy atom. The molecule has 0 spiro atoms. The summed E-state index contributed by atoms with van der Waals surface area (Å²) in [6.07, 6.45) is 1.62. The Labute approximate surface area is 192 Å². The molecule has 2 aromatic heterocycles. The van der Waals surface area contributed by atoms with E-state index in [0.29, 0.717) is 27.3 Å². The largest absolute Gasteiger partial charge is 0.439 e. The number of fused-ring (bicyclic) bond motifs is 3. The Morgan fingerprint density at radius 1 is 1.06 bits per heavy atom. The van der Waals surface area contributed by atoms with E-state index in [1.54, 1.807) is 36.5 Å². The van der Waals surface area contributed by atoms with Gasteiger partial charge in [-0.25, -0.2) is 9.78 Å². The van der Waals surface area contributed by atoms with E-state index in [1.807, 2.05) is 24.3 Å². The predicted molar refractivity (Wildman–Crippen MR) is 121 cm³/mol. The molecule has 1 atom stereocenters. The van der Waals surface area contributed by atoms with Crippen LogP contribution in [-0.4, -0.2) is 4.98 Å². The van der Waals surface area contributed by atoms with Crippen molar-refractivity contribution < 1.29 is 9.15 Å². The van der Waals surface area contributed by atoms with Gasteiger partial charge in [0.1, 0.15) is 22.4 Å². The van der Waals surface area contributed by atoms with E-state index in [-0.39, 0.29) is 22.2 Å². The van der Waals surface area contributed by atoms with E-state index in [0.717, 1.165) is 11.1 Å². The van der Waals surface area contributed by atoms with Crippen LogP contribution in [0.2, 0.25) is 10.2 Å². The molecular weight excluding hydrogens is 449 g/mol. The van der Waals surface area contributed by atoms with Gasteiger partial charge in [-0.1, -0.05) is 59.6 Å². The van der Waals surface area contributed by atoms with Gasteiger partial charge in [-0.3, -0.25) is 0 Å². The van der Waals surface area contributed by atoms with Crippen LogP contribution in [-0.2, 0) is 0 Å². The standard InChI is InChI=1S/C24H13Cl2N3O3/c25-17-9-14(11-29-22(17)26)12-5-7-13(8-6-12)19-16(10-27)23(28)32-21-15-3-1-2-4-18(15)31-24(30)20(19)21/h1-9,11,19H,28H2. The fourth-order valence-corrected chi connectivity index (χ4v) is 4.12. The number of hydrogen-bond acceptors (Lipinski definition) is 6. The first-order valence-electron chi connectivity index (χ1n) is 9.52. The number of aromatic nitrogens is 1. The number of nitriles is 1. The zero-order chi connectivity index (χ0) is 22.4. The number of hydrogen-bond donors (Lipinski definition) is 1. The van der Waals surface area contributed by atoms with Crippen LogP contribution in [0.3, 0.4) is 0 Å². The lowest BCUT2D eigenvalue weighted by atomic mass is 9.83. The van der Waals surface area contributed by atoms with E-state index in [1.165, 1.54) is 0 Å². The Hall–Kier alpha value is -3.79. The van der Waals surface area contributed by atoms with E-state index in [9.17, 15) is 10.1 Å². The zero-order valence-corrected chi connectivity index (χ0v) is 17.8. The van der Waals surface area contributed by atoms with Crippen molar-refractivity contribution in [3.05, 3.63) is 104 Å². The van der Waals surface area contributed by atoms with Crippen LogP contribution >= 0.6 is 23.2 Å². The topological polar surface area (TPSA) is 102 Å². The van der Waals surface area contributed by atoms with Crippen molar-refractivity contribution >= 4 is 34.2 Å². The van der Waals surface area contributed by atoms with Crippen molar-refractivity contribution in [2.45, 2.75) is 5.92 Å². The summed E-state index contributed by atoms with van der Waals surface area (Å²) in [7, 11) is 0. The Kier molecular flexibility index (Phi) is 4.86. The number of allylic oxidation sites excluding steroid dienone is 1. The van der Waals surface area contributed by atoms with Gasteiger partial charge in [-0.05, 0) is 29.3 Å². The van der Waals surface area contributed by atoms with Crippen molar-refractivity contribution in [1.82, 2.24) is 4.98 Å². The number of halogens is 2. The minimum atomic E-state index is -0.731. The van der Waals surface area contributed by atoms with Gasteiger partial charge >= 0.3 is 5.63 Å². The van der Waals surface area contributed by atoms with Gasteiger partial charge in [-0.2, -0.15) is 5.26 Å². The number of ether oxygens (including phenoxy) is 1. The van der Waals surface area contributed by atoms with E-state index in [4.69, 9.17) is 38.1 Å². The maximum absolute atomic E-state index is 12.9. The highest BCUT2D eigenvalue weighted by Gasteiger charge is 2.35. The minimum Gasteiger partial charge on any atom is -0.439 e. The molecule has 6 nitrogen and oxygen atoms in total. The van der Waals surface area contributed by atoms with Crippen LogP contribution in [0.25, 0.3) is 22.1 Å². The molecule has 0 bridgehead atoms. The summed E-state index contributed by atoms with van der Waals surface area (Å²) >= 11 is 12.0. The van der Waals surface area contributed by atoms with Crippen LogP contribution in [0.5, 0.6) is 5.75 Å². The molecule has 4 aromatic rings. The third-order valence-electron chi connectivity index (χ3n) is 5.35. The highest BCUT2D eigenvalue weighted by Crippen LogP contribution is 2.43. The molecule has 5 rings (SSSR count). The van der Waals surface area contributed by atoms with E-state index in [2.05, 4.69) is 11.1 Å². The van der Waals surface area contributed by atoms with Crippen LogP contribution in [0.15, 0.2) is 81.5 Å². The van der Waals surface area contributed by atoms with Gasteiger partial charge in [-0.15, -0.1) is 0 Å². The number of nitrogens with zero attached hydrogens (tertiary/aromatic N) is 2. The number of pyridine rings is 1. The molecule has 0 saturated heterocycles. The van der Waals surface area contributed by atoms with E-state index >= 15 is 0 Å². The first-order chi connectivity index (χ1) is 15.5. The lowest BCUT2D eigenvalue weighted by Gasteiger charge is -2.26. The van der Waals surface area contributed by atoms with Gasteiger partial charge in [0.25, 0.3) is 0 Å². The summed E-state index contributed by atoms with van der Waals surface area (Å²) in [5, 5.41) is 11.0. The van der Waals surface area contributed by atoms with Crippen LogP contribution in [0.1, 0.15) is 17.0 Å². The Bertz CT molecular complexity index is 1520. The van der Waals surface area contributed by atoms with Crippen LogP contribution in [0, 0.1) is 11.3 Å². The number of para-hydroxylation sites is 1. The van der Waals surface area contributed by atoms with Crippen LogP contribution < -0.4 is 16.1 Å². The molecule has 0 radical (unpaired) electrons. The molecule has 1 unspecified atom stereocenters. The normalized spacial score (nSPS) is 15.2. The lowest BCUT2D eigenvalue weighted by Crippen LogP contribution is -2.26. The predicted octanol–water partition coefficient (Wildman–Crippen LogP) is 5.38. The van der Waals surface area contributed by atoms with Gasteiger partial charge in [0.2, 0.25) is 5.88 Å². The maximum atomic E-state index is 12.9. The minimum absolute atomic E-state index is 0.0430. The molecule has 3 heterocycles. The smallest absolute Gasteiger partial charge is 0.344 e. The van der Waals surface area contributed by atoms with Crippen molar-refractivity contribution in [3.8, 4) is 22.9 Å². The first-order valence-corrected chi connectivity index (χ1v) is 10.3. The van der Waals surface area contributed by atoms with Gasteiger partial charge in [0, 0.05) is 11.8 Å². The SMILES string of the molecule is N#CC1=C(N)Oc2c(c(=O)oc3ccccc23)C1c1ccc(-c2cnc(Cl)c(Cl)c2)cc1. The lowest BCUT2D eigenvalue weighted by molar-refractivity contribution is 0.388. The Morgan fingerprint density at radius 3 is 2.53 bits per heavy atom. The molecule has 2 aromatic carbocycles. The second-order valence-electron chi connectivity index (χ2n) is 7.17. The third kappa shape index (κ3) is 3.19. The van der Waals surface area contributed by atoms with Gasteiger partial charge < -0.3 is 14.9 Å². The molecule has 0 amide bonds. The summed E-state index contributed by atoms with van der Waals surface area (Å²) in [6, 6.07) is 18.1. The summed E-state index contributed by atoms with van der Waals surface area (Å²) in [5.74, 6) is -0.472.